The van der Waals surface area contributed by atoms with Crippen molar-refractivity contribution in [3.8, 4) is 0 Å². The highest BCUT2D eigenvalue weighted by Gasteiger charge is 2.71. The fourth-order valence-corrected chi connectivity index (χ4v) is 12.6. The van der Waals surface area contributed by atoms with Gasteiger partial charge in [0.2, 0.25) is 11.8 Å². The standard InChI is InChI=1S/C38H63N3O5/c1-25-9-12-38(45-24-25)26(2)34-31(46-38)22-30-29-8-7-27-21-28(10-11-36(27,4)37(29,5)14-13-35(30,34)3)40-33(43)23-32(42)39-15-6-16-41-17-19-44-20-18-41/h25-31,34H,6-24H2,1-5H3,(H,39,42)(H,40,43)/t25-,26-,27+,28-,29-,30-,31-,34-,35-,36-,37-,38+/m0/s1. The third kappa shape index (κ3) is 5.57. The maximum absolute atomic E-state index is 12.9. The minimum atomic E-state index is -0.341. The Morgan fingerprint density at radius 1 is 0.870 bits per heavy atom. The Morgan fingerprint density at radius 2 is 1.67 bits per heavy atom. The minimum absolute atomic E-state index is 0.0653. The Balaban J connectivity index is 0.923. The van der Waals surface area contributed by atoms with Gasteiger partial charge in [-0.1, -0.05) is 34.6 Å². The molecular formula is C38H63N3O5. The molecule has 7 rings (SSSR count). The molecule has 0 bridgehead atoms. The molecule has 4 aliphatic carbocycles. The van der Waals surface area contributed by atoms with Gasteiger partial charge in [-0.25, -0.2) is 0 Å². The lowest BCUT2D eigenvalue weighted by atomic mass is 9.38. The number of amides is 2. The number of hydrogen-bond donors (Lipinski definition) is 2. The molecule has 3 saturated heterocycles. The summed E-state index contributed by atoms with van der Waals surface area (Å²) in [5, 5.41) is 6.24. The zero-order chi connectivity index (χ0) is 32.3. The van der Waals surface area contributed by atoms with Crippen LogP contribution in [0.3, 0.4) is 0 Å². The second-order valence-corrected chi connectivity index (χ2v) is 17.7. The smallest absolute Gasteiger partial charge is 0.229 e. The van der Waals surface area contributed by atoms with Crippen LogP contribution in [0, 0.1) is 51.8 Å². The lowest BCUT2D eigenvalue weighted by molar-refractivity contribution is -0.274. The van der Waals surface area contributed by atoms with E-state index < -0.39 is 0 Å². The third-order valence-corrected chi connectivity index (χ3v) is 15.5. The van der Waals surface area contributed by atoms with Crippen LogP contribution >= 0.6 is 0 Å². The molecule has 8 nitrogen and oxygen atoms in total. The number of nitrogens with one attached hydrogen (secondary N) is 2. The summed E-state index contributed by atoms with van der Waals surface area (Å²) in [6.45, 7) is 18.6. The van der Waals surface area contributed by atoms with E-state index >= 15 is 0 Å². The first kappa shape index (κ1) is 33.3. The fourth-order valence-electron chi connectivity index (χ4n) is 12.6. The van der Waals surface area contributed by atoms with Crippen molar-refractivity contribution < 1.29 is 23.8 Å². The molecule has 0 aromatic rings. The Bertz CT molecular complexity index is 1140. The molecule has 8 heteroatoms. The van der Waals surface area contributed by atoms with Gasteiger partial charge in [0.1, 0.15) is 6.42 Å². The van der Waals surface area contributed by atoms with Crippen LogP contribution in [0.2, 0.25) is 0 Å². The van der Waals surface area contributed by atoms with Crippen LogP contribution in [0.1, 0.15) is 112 Å². The molecule has 0 aromatic carbocycles. The fraction of sp³-hybridized carbons (Fsp3) is 0.947. The predicted octanol–water partition coefficient (Wildman–Crippen LogP) is 5.54. The van der Waals surface area contributed by atoms with Crippen molar-refractivity contribution >= 4 is 11.8 Å². The number of fused-ring (bicyclic) bond motifs is 7. The molecule has 2 N–H and O–H groups in total. The van der Waals surface area contributed by atoms with Crippen LogP contribution in [0.25, 0.3) is 0 Å². The van der Waals surface area contributed by atoms with Gasteiger partial charge in [-0.05, 0) is 117 Å². The van der Waals surface area contributed by atoms with E-state index in [9.17, 15) is 9.59 Å². The highest BCUT2D eigenvalue weighted by molar-refractivity contribution is 5.96. The molecule has 3 aliphatic heterocycles. The van der Waals surface area contributed by atoms with Gasteiger partial charge in [0.25, 0.3) is 0 Å². The van der Waals surface area contributed by atoms with Crippen molar-refractivity contribution in [2.45, 2.75) is 130 Å². The summed E-state index contributed by atoms with van der Waals surface area (Å²) in [6, 6.07) is 0.184. The maximum Gasteiger partial charge on any atom is 0.229 e. The van der Waals surface area contributed by atoms with E-state index in [-0.39, 0.29) is 30.1 Å². The number of morpholine rings is 1. The highest BCUT2D eigenvalue weighted by Crippen LogP contribution is 2.75. The summed E-state index contributed by atoms with van der Waals surface area (Å²) in [6.07, 6.45) is 13.1. The predicted molar refractivity (Wildman–Crippen MR) is 178 cm³/mol. The molecular weight excluding hydrogens is 578 g/mol. The number of carbonyl (C=O) groups excluding carboxylic acids is 2. The van der Waals surface area contributed by atoms with Gasteiger partial charge in [0.05, 0.1) is 25.9 Å². The zero-order valence-corrected chi connectivity index (χ0v) is 29.5. The summed E-state index contributed by atoms with van der Waals surface area (Å²) in [4.78, 5) is 27.8. The molecule has 12 atom stereocenters. The van der Waals surface area contributed by atoms with Gasteiger partial charge in [0, 0.05) is 38.0 Å². The van der Waals surface area contributed by atoms with E-state index in [2.05, 4.69) is 50.2 Å². The van der Waals surface area contributed by atoms with E-state index in [1.807, 2.05) is 0 Å². The third-order valence-electron chi connectivity index (χ3n) is 15.5. The van der Waals surface area contributed by atoms with E-state index in [1.54, 1.807) is 0 Å². The topological polar surface area (TPSA) is 89.1 Å². The first-order chi connectivity index (χ1) is 22.0. The SMILES string of the molecule is C[C@H]1CC[C@@]2(OC1)O[C@H]1C[C@H]3[C@@H]4CC[C@@H]5C[C@@H](NC(=O)CC(=O)NCCCN6CCOCC6)CC[C@]5(C)[C@@]4(C)CC[C@]3(C)[C@H]1[C@@H]2C. The van der Waals surface area contributed by atoms with Crippen molar-refractivity contribution in [2.75, 3.05) is 46.0 Å². The first-order valence-electron chi connectivity index (χ1n) is 19.2. The van der Waals surface area contributed by atoms with Crippen LogP contribution in [-0.4, -0.2) is 80.6 Å². The van der Waals surface area contributed by atoms with Crippen LogP contribution in [0.15, 0.2) is 0 Å². The van der Waals surface area contributed by atoms with Crippen molar-refractivity contribution in [1.29, 1.82) is 0 Å². The Labute approximate surface area is 278 Å². The van der Waals surface area contributed by atoms with Gasteiger partial charge in [-0.2, -0.15) is 0 Å². The molecule has 1 spiro atoms. The Hall–Kier alpha value is -1.22. The van der Waals surface area contributed by atoms with Gasteiger partial charge in [0.15, 0.2) is 5.79 Å². The van der Waals surface area contributed by atoms with Crippen molar-refractivity contribution in [2.24, 2.45) is 51.8 Å². The average Bonchev–Trinajstić information content (AvgIpc) is 3.47. The van der Waals surface area contributed by atoms with E-state index in [0.717, 1.165) is 77.0 Å². The van der Waals surface area contributed by atoms with Gasteiger partial charge in [-0.15, -0.1) is 0 Å². The molecule has 46 heavy (non-hydrogen) atoms. The molecule has 7 fully saturated rings. The monoisotopic (exact) mass is 641 g/mol. The molecule has 7 aliphatic rings. The molecule has 2 amide bonds. The van der Waals surface area contributed by atoms with Gasteiger partial charge in [-0.3, -0.25) is 14.5 Å². The van der Waals surface area contributed by atoms with Crippen LogP contribution < -0.4 is 10.6 Å². The lowest BCUT2D eigenvalue weighted by Gasteiger charge is -2.67. The maximum atomic E-state index is 12.9. The largest absolute Gasteiger partial charge is 0.379 e. The number of ether oxygens (including phenoxy) is 3. The quantitative estimate of drug-likeness (QED) is 0.281. The summed E-state index contributed by atoms with van der Waals surface area (Å²) < 4.78 is 19.0. The number of rotatable bonds is 7. The highest BCUT2D eigenvalue weighted by atomic mass is 16.7. The second-order valence-electron chi connectivity index (χ2n) is 17.7. The Kier molecular flexibility index (Phi) is 9.11. The molecule has 4 saturated carbocycles. The molecule has 0 unspecified atom stereocenters. The van der Waals surface area contributed by atoms with Gasteiger partial charge < -0.3 is 24.8 Å². The molecule has 260 valence electrons. The number of carbonyl (C=O) groups is 2. The molecule has 3 heterocycles. The van der Waals surface area contributed by atoms with Crippen molar-refractivity contribution in [3.63, 3.8) is 0 Å². The first-order valence-corrected chi connectivity index (χ1v) is 19.2. The zero-order valence-electron chi connectivity index (χ0n) is 29.5. The second kappa shape index (κ2) is 12.6. The lowest BCUT2D eigenvalue weighted by Crippen LogP contribution is -2.61. The van der Waals surface area contributed by atoms with Crippen LogP contribution in [0.4, 0.5) is 0 Å². The van der Waals surface area contributed by atoms with Gasteiger partial charge >= 0.3 is 0 Å². The van der Waals surface area contributed by atoms with E-state index in [1.165, 1.54) is 44.9 Å². The van der Waals surface area contributed by atoms with Crippen molar-refractivity contribution in [3.05, 3.63) is 0 Å². The Morgan fingerprint density at radius 3 is 2.43 bits per heavy atom. The summed E-state index contributed by atoms with van der Waals surface area (Å²) in [5.41, 5.74) is 0.957. The van der Waals surface area contributed by atoms with Crippen LogP contribution in [0.5, 0.6) is 0 Å². The normalized spacial score (nSPS) is 48.6. The minimum Gasteiger partial charge on any atom is -0.379 e. The number of nitrogens with zero attached hydrogens (tertiary/aromatic N) is 1. The van der Waals surface area contributed by atoms with E-state index in [4.69, 9.17) is 14.2 Å². The summed E-state index contributed by atoms with van der Waals surface area (Å²) >= 11 is 0. The molecule has 0 aromatic heterocycles. The average molecular weight is 642 g/mol. The van der Waals surface area contributed by atoms with Crippen LogP contribution in [-0.2, 0) is 23.8 Å². The summed E-state index contributed by atoms with van der Waals surface area (Å²) in [7, 11) is 0. The summed E-state index contributed by atoms with van der Waals surface area (Å²) in [5.74, 6) is 3.19. The molecule has 0 radical (unpaired) electrons. The van der Waals surface area contributed by atoms with Crippen molar-refractivity contribution in [1.82, 2.24) is 15.5 Å². The number of hydrogen-bond acceptors (Lipinski definition) is 6. The van der Waals surface area contributed by atoms with E-state index in [0.29, 0.717) is 52.6 Å².